The van der Waals surface area contributed by atoms with E-state index in [4.69, 9.17) is 5.73 Å². The number of hydrogen-bond acceptors (Lipinski definition) is 3. The third-order valence-electron chi connectivity index (χ3n) is 2.07. The van der Waals surface area contributed by atoms with Crippen molar-refractivity contribution in [2.45, 2.75) is 26.3 Å². The molecule has 0 aliphatic heterocycles. The zero-order chi connectivity index (χ0) is 10.6. The predicted molar refractivity (Wildman–Crippen MR) is 54.4 cm³/mol. The van der Waals surface area contributed by atoms with Gasteiger partial charge >= 0.3 is 5.69 Å². The Morgan fingerprint density at radius 3 is 2.79 bits per heavy atom. The lowest BCUT2D eigenvalue weighted by Gasteiger charge is -2.04. The minimum Gasteiger partial charge on any atom is -0.330 e. The highest BCUT2D eigenvalue weighted by Crippen LogP contribution is 1.90. The molecule has 0 unspecified atom stereocenters. The fraction of sp³-hybridized carbons (Fsp3) is 0.556. The molecule has 0 aliphatic carbocycles. The van der Waals surface area contributed by atoms with Gasteiger partial charge in [-0.15, -0.1) is 0 Å². The summed E-state index contributed by atoms with van der Waals surface area (Å²) in [5.74, 6) is 0. The van der Waals surface area contributed by atoms with Crippen LogP contribution in [0, 0.1) is 0 Å². The lowest BCUT2D eigenvalue weighted by atomic mass is 10.2. The molecule has 1 aromatic rings. The summed E-state index contributed by atoms with van der Waals surface area (Å²) in [5, 5.41) is 0. The van der Waals surface area contributed by atoms with Gasteiger partial charge in [-0.1, -0.05) is 6.92 Å². The first kappa shape index (κ1) is 10.7. The molecule has 5 nitrogen and oxygen atoms in total. The second-order valence-electron chi connectivity index (χ2n) is 3.10. The quantitative estimate of drug-likeness (QED) is 0.679. The summed E-state index contributed by atoms with van der Waals surface area (Å²) < 4.78 is 1.49. The van der Waals surface area contributed by atoms with Crippen LogP contribution in [0.15, 0.2) is 15.8 Å². The van der Waals surface area contributed by atoms with Gasteiger partial charge in [-0.05, 0) is 19.4 Å². The minimum absolute atomic E-state index is 0.290. The maximum atomic E-state index is 11.3. The summed E-state index contributed by atoms with van der Waals surface area (Å²) in [4.78, 5) is 24.8. The highest BCUT2D eigenvalue weighted by Gasteiger charge is 2.01. The van der Waals surface area contributed by atoms with Gasteiger partial charge in [0.2, 0.25) is 0 Å². The van der Waals surface area contributed by atoms with Crippen LogP contribution in [0.4, 0.5) is 0 Å². The summed E-state index contributed by atoms with van der Waals surface area (Å²) in [7, 11) is 0. The Labute approximate surface area is 81.6 Å². The standard InChI is InChI=1S/C9H15N3O2/c1-2-7-6-12(5-3-4-10)9(14)11-8(7)13/h6H,2-5,10H2,1H3,(H,11,13,14). The van der Waals surface area contributed by atoms with Crippen LogP contribution in [0.25, 0.3) is 0 Å². The first-order valence-corrected chi connectivity index (χ1v) is 4.71. The summed E-state index contributed by atoms with van der Waals surface area (Å²) in [6, 6.07) is 0. The summed E-state index contributed by atoms with van der Waals surface area (Å²) >= 11 is 0. The number of aromatic amines is 1. The molecule has 0 atom stereocenters. The van der Waals surface area contributed by atoms with Crippen molar-refractivity contribution in [3.63, 3.8) is 0 Å². The molecule has 0 aliphatic rings. The number of nitrogens with zero attached hydrogens (tertiary/aromatic N) is 1. The Balaban J connectivity index is 3.05. The van der Waals surface area contributed by atoms with E-state index >= 15 is 0 Å². The van der Waals surface area contributed by atoms with E-state index in [1.807, 2.05) is 6.92 Å². The smallest absolute Gasteiger partial charge is 0.328 e. The van der Waals surface area contributed by atoms with Crippen LogP contribution in [0.2, 0.25) is 0 Å². The average Bonchev–Trinajstić information content (AvgIpc) is 2.17. The van der Waals surface area contributed by atoms with E-state index in [1.54, 1.807) is 6.20 Å². The van der Waals surface area contributed by atoms with Crippen molar-refractivity contribution >= 4 is 0 Å². The maximum Gasteiger partial charge on any atom is 0.328 e. The van der Waals surface area contributed by atoms with Crippen LogP contribution in [-0.2, 0) is 13.0 Å². The lowest BCUT2D eigenvalue weighted by molar-refractivity contribution is 0.606. The van der Waals surface area contributed by atoms with E-state index in [0.29, 0.717) is 25.1 Å². The zero-order valence-corrected chi connectivity index (χ0v) is 8.25. The molecule has 0 fully saturated rings. The number of nitrogens with two attached hydrogens (primary N) is 1. The van der Waals surface area contributed by atoms with E-state index in [2.05, 4.69) is 4.98 Å². The normalized spacial score (nSPS) is 10.4. The second kappa shape index (κ2) is 4.76. The fourth-order valence-electron chi connectivity index (χ4n) is 1.23. The number of hydrogen-bond donors (Lipinski definition) is 2. The third kappa shape index (κ3) is 2.32. The van der Waals surface area contributed by atoms with E-state index < -0.39 is 0 Å². The number of aromatic nitrogens is 2. The number of aryl methyl sites for hydroxylation is 2. The highest BCUT2D eigenvalue weighted by atomic mass is 16.2. The van der Waals surface area contributed by atoms with Gasteiger partial charge in [0.15, 0.2) is 0 Å². The van der Waals surface area contributed by atoms with Crippen molar-refractivity contribution in [1.82, 2.24) is 9.55 Å². The van der Waals surface area contributed by atoms with Crippen LogP contribution in [0.1, 0.15) is 18.9 Å². The van der Waals surface area contributed by atoms with Gasteiger partial charge in [-0.2, -0.15) is 0 Å². The third-order valence-corrected chi connectivity index (χ3v) is 2.07. The Bertz CT molecular complexity index is 405. The molecule has 14 heavy (non-hydrogen) atoms. The zero-order valence-electron chi connectivity index (χ0n) is 8.25. The molecule has 78 valence electrons. The molecule has 5 heteroatoms. The fourth-order valence-corrected chi connectivity index (χ4v) is 1.23. The van der Waals surface area contributed by atoms with Crippen LogP contribution in [-0.4, -0.2) is 16.1 Å². The number of rotatable bonds is 4. The van der Waals surface area contributed by atoms with E-state index in [1.165, 1.54) is 4.57 Å². The highest BCUT2D eigenvalue weighted by molar-refractivity contribution is 5.03. The molecule has 0 saturated carbocycles. The van der Waals surface area contributed by atoms with Gasteiger partial charge in [0.1, 0.15) is 0 Å². The molecule has 1 heterocycles. The molecule has 0 spiro atoms. The van der Waals surface area contributed by atoms with Crippen molar-refractivity contribution in [3.05, 3.63) is 32.6 Å². The molecular formula is C9H15N3O2. The van der Waals surface area contributed by atoms with Gasteiger partial charge in [-0.3, -0.25) is 9.78 Å². The summed E-state index contributed by atoms with van der Waals surface area (Å²) in [6.07, 6.45) is 2.96. The maximum absolute atomic E-state index is 11.3. The molecular weight excluding hydrogens is 182 g/mol. The molecule has 1 aromatic heterocycles. The molecule has 3 N–H and O–H groups in total. The van der Waals surface area contributed by atoms with E-state index in [-0.39, 0.29) is 11.2 Å². The van der Waals surface area contributed by atoms with Crippen molar-refractivity contribution < 1.29 is 0 Å². The minimum atomic E-state index is -0.361. The first-order chi connectivity index (χ1) is 6.69. The van der Waals surface area contributed by atoms with Crippen LogP contribution in [0.3, 0.4) is 0 Å². The summed E-state index contributed by atoms with van der Waals surface area (Å²) in [5.41, 5.74) is 5.32. The largest absolute Gasteiger partial charge is 0.330 e. The van der Waals surface area contributed by atoms with Gasteiger partial charge in [-0.25, -0.2) is 4.79 Å². The van der Waals surface area contributed by atoms with E-state index in [9.17, 15) is 9.59 Å². The van der Waals surface area contributed by atoms with E-state index in [0.717, 1.165) is 6.42 Å². The Morgan fingerprint density at radius 2 is 2.21 bits per heavy atom. The van der Waals surface area contributed by atoms with Gasteiger partial charge < -0.3 is 10.3 Å². The Hall–Kier alpha value is -1.36. The molecule has 0 amide bonds. The molecule has 0 bridgehead atoms. The average molecular weight is 197 g/mol. The lowest BCUT2D eigenvalue weighted by Crippen LogP contribution is -2.32. The van der Waals surface area contributed by atoms with Crippen LogP contribution >= 0.6 is 0 Å². The van der Waals surface area contributed by atoms with Crippen molar-refractivity contribution in [2.24, 2.45) is 5.73 Å². The van der Waals surface area contributed by atoms with Crippen LogP contribution in [0.5, 0.6) is 0 Å². The molecule has 1 rings (SSSR count). The first-order valence-electron chi connectivity index (χ1n) is 4.71. The monoisotopic (exact) mass is 197 g/mol. The van der Waals surface area contributed by atoms with Crippen molar-refractivity contribution in [3.8, 4) is 0 Å². The Morgan fingerprint density at radius 1 is 1.50 bits per heavy atom. The second-order valence-corrected chi connectivity index (χ2v) is 3.10. The Kier molecular flexibility index (Phi) is 3.64. The predicted octanol–water partition coefficient (Wildman–Crippen LogP) is -0.552. The van der Waals surface area contributed by atoms with Crippen LogP contribution < -0.4 is 17.0 Å². The molecule has 0 radical (unpaired) electrons. The van der Waals surface area contributed by atoms with Gasteiger partial charge in [0.05, 0.1) is 0 Å². The van der Waals surface area contributed by atoms with Crippen molar-refractivity contribution in [1.29, 1.82) is 0 Å². The van der Waals surface area contributed by atoms with Gasteiger partial charge in [0.25, 0.3) is 5.56 Å². The van der Waals surface area contributed by atoms with Gasteiger partial charge in [0, 0.05) is 18.3 Å². The SMILES string of the molecule is CCc1cn(CCCN)c(=O)[nH]c1=O. The molecule has 0 saturated heterocycles. The topological polar surface area (TPSA) is 80.9 Å². The van der Waals surface area contributed by atoms with Crippen molar-refractivity contribution in [2.75, 3.05) is 6.54 Å². The summed E-state index contributed by atoms with van der Waals surface area (Å²) in [6.45, 7) is 2.97. The number of H-pyrrole nitrogens is 1. The number of nitrogens with one attached hydrogen (secondary N) is 1. The molecule has 0 aromatic carbocycles.